The van der Waals surface area contributed by atoms with E-state index in [4.69, 9.17) is 23.2 Å². The van der Waals surface area contributed by atoms with Gasteiger partial charge >= 0.3 is 0 Å². The van der Waals surface area contributed by atoms with Gasteiger partial charge in [-0.1, -0.05) is 23.2 Å². The van der Waals surface area contributed by atoms with Gasteiger partial charge in [0.2, 0.25) is 0 Å². The lowest BCUT2D eigenvalue weighted by Crippen LogP contribution is -2.28. The standard InChI is InChI=1S/C14H14Cl2N2O2S/c1-7-8(2)21-12(18-7)6-17-14(20)13(19)9-3-10(15)5-11(16)4-9/h3-5,13,19H,6H2,1-2H3,(H,17,20)/t13-/m1/s1. The van der Waals surface area contributed by atoms with Gasteiger partial charge in [-0.2, -0.15) is 0 Å². The number of aliphatic hydroxyl groups excluding tert-OH is 1. The Labute approximate surface area is 136 Å². The quantitative estimate of drug-likeness (QED) is 0.893. The third-order valence-corrected chi connectivity index (χ3v) is 4.44. The smallest absolute Gasteiger partial charge is 0.253 e. The molecule has 2 rings (SSSR count). The molecule has 2 aromatic rings. The van der Waals surface area contributed by atoms with E-state index in [9.17, 15) is 9.90 Å². The summed E-state index contributed by atoms with van der Waals surface area (Å²) in [5, 5.41) is 14.2. The summed E-state index contributed by atoms with van der Waals surface area (Å²) in [5.74, 6) is -0.515. The van der Waals surface area contributed by atoms with Gasteiger partial charge in [0.1, 0.15) is 5.01 Å². The van der Waals surface area contributed by atoms with Crippen LogP contribution in [0.3, 0.4) is 0 Å². The van der Waals surface area contributed by atoms with Crippen molar-refractivity contribution in [3.63, 3.8) is 0 Å². The Morgan fingerprint density at radius 2 is 1.95 bits per heavy atom. The second-order valence-electron chi connectivity index (χ2n) is 4.57. The summed E-state index contributed by atoms with van der Waals surface area (Å²) in [6.07, 6.45) is -1.32. The molecule has 1 amide bonds. The molecule has 1 atom stereocenters. The molecular formula is C14H14Cl2N2O2S. The molecule has 1 aromatic heterocycles. The molecule has 112 valence electrons. The molecule has 0 spiro atoms. The first-order valence-electron chi connectivity index (χ1n) is 6.21. The maximum atomic E-state index is 12.0. The molecule has 0 fully saturated rings. The first-order chi connectivity index (χ1) is 9.86. The minimum Gasteiger partial charge on any atom is -0.378 e. The summed E-state index contributed by atoms with van der Waals surface area (Å²) in [4.78, 5) is 17.4. The Kier molecular flexibility index (Phi) is 5.22. The van der Waals surface area contributed by atoms with Crippen LogP contribution < -0.4 is 5.32 Å². The number of hydrogen-bond donors (Lipinski definition) is 2. The summed E-state index contributed by atoms with van der Waals surface area (Å²) in [6, 6.07) is 4.56. The molecule has 0 bridgehead atoms. The largest absolute Gasteiger partial charge is 0.378 e. The molecule has 0 aliphatic carbocycles. The fraction of sp³-hybridized carbons (Fsp3) is 0.286. The lowest BCUT2D eigenvalue weighted by Gasteiger charge is -2.11. The molecule has 4 nitrogen and oxygen atoms in total. The maximum Gasteiger partial charge on any atom is 0.253 e. The highest BCUT2D eigenvalue weighted by Crippen LogP contribution is 2.24. The van der Waals surface area contributed by atoms with E-state index >= 15 is 0 Å². The molecule has 0 saturated carbocycles. The fourth-order valence-corrected chi connectivity index (χ4v) is 3.18. The van der Waals surface area contributed by atoms with Gasteiger partial charge in [0.15, 0.2) is 6.10 Å². The van der Waals surface area contributed by atoms with E-state index in [1.54, 1.807) is 6.07 Å². The predicted octanol–water partition coefficient (Wildman–Crippen LogP) is 3.42. The molecule has 2 N–H and O–H groups in total. The highest BCUT2D eigenvalue weighted by Gasteiger charge is 2.18. The number of amides is 1. The van der Waals surface area contributed by atoms with Crippen LogP contribution in [-0.4, -0.2) is 16.0 Å². The topological polar surface area (TPSA) is 62.2 Å². The highest BCUT2D eigenvalue weighted by molar-refractivity contribution is 7.11. The van der Waals surface area contributed by atoms with Crippen LogP contribution in [0.1, 0.15) is 27.2 Å². The molecule has 7 heteroatoms. The Morgan fingerprint density at radius 3 is 2.48 bits per heavy atom. The lowest BCUT2D eigenvalue weighted by atomic mass is 10.1. The second-order valence-corrected chi connectivity index (χ2v) is 6.73. The zero-order valence-electron chi connectivity index (χ0n) is 11.5. The van der Waals surface area contributed by atoms with Crippen LogP contribution in [-0.2, 0) is 11.3 Å². The second kappa shape index (κ2) is 6.75. The van der Waals surface area contributed by atoms with Crippen LogP contribution >= 0.6 is 34.5 Å². The average molecular weight is 345 g/mol. The number of aliphatic hydroxyl groups is 1. The molecule has 0 radical (unpaired) electrons. The summed E-state index contributed by atoms with van der Waals surface area (Å²) in [5.41, 5.74) is 1.31. The number of carbonyl (C=O) groups excluding carboxylic acids is 1. The number of rotatable bonds is 4. The Bertz CT molecular complexity index is 633. The van der Waals surface area contributed by atoms with Crippen molar-refractivity contribution < 1.29 is 9.90 Å². The van der Waals surface area contributed by atoms with E-state index in [1.807, 2.05) is 13.8 Å². The number of carbonyl (C=O) groups is 1. The third-order valence-electron chi connectivity index (χ3n) is 2.94. The number of aryl methyl sites for hydroxylation is 2. The zero-order valence-corrected chi connectivity index (χ0v) is 13.8. The maximum absolute atomic E-state index is 12.0. The van der Waals surface area contributed by atoms with Crippen molar-refractivity contribution in [3.05, 3.63) is 49.4 Å². The van der Waals surface area contributed by atoms with Gasteiger partial charge < -0.3 is 10.4 Å². The first kappa shape index (κ1) is 16.2. The van der Waals surface area contributed by atoms with Crippen LogP contribution in [0, 0.1) is 13.8 Å². The number of nitrogens with zero attached hydrogens (tertiary/aromatic N) is 1. The normalized spacial score (nSPS) is 12.2. The van der Waals surface area contributed by atoms with Crippen molar-refractivity contribution in [3.8, 4) is 0 Å². The Hall–Kier alpha value is -1.14. The van der Waals surface area contributed by atoms with Gasteiger partial charge in [0.25, 0.3) is 5.91 Å². The minimum atomic E-state index is -1.32. The van der Waals surface area contributed by atoms with Crippen LogP contribution in [0.4, 0.5) is 0 Å². The van der Waals surface area contributed by atoms with E-state index in [0.717, 1.165) is 15.6 Å². The van der Waals surface area contributed by atoms with Crippen molar-refractivity contribution >= 4 is 40.4 Å². The van der Waals surface area contributed by atoms with Gasteiger partial charge in [0.05, 0.1) is 12.2 Å². The molecule has 1 heterocycles. The molecule has 0 aliphatic heterocycles. The number of aromatic nitrogens is 1. The highest BCUT2D eigenvalue weighted by atomic mass is 35.5. The molecule has 0 aliphatic rings. The number of thiazole rings is 1. The van der Waals surface area contributed by atoms with Gasteiger partial charge in [-0.3, -0.25) is 4.79 Å². The molecule has 1 aromatic carbocycles. The fourth-order valence-electron chi connectivity index (χ4n) is 1.76. The van der Waals surface area contributed by atoms with E-state index in [1.165, 1.54) is 23.5 Å². The number of hydrogen-bond acceptors (Lipinski definition) is 4. The summed E-state index contributed by atoms with van der Waals surface area (Å²) >= 11 is 13.2. The number of halogens is 2. The minimum absolute atomic E-state index is 0.281. The molecule has 0 saturated heterocycles. The van der Waals surface area contributed by atoms with Gasteiger partial charge in [0, 0.05) is 14.9 Å². The van der Waals surface area contributed by atoms with Crippen molar-refractivity contribution in [2.24, 2.45) is 0 Å². The first-order valence-corrected chi connectivity index (χ1v) is 7.78. The predicted molar refractivity (Wildman–Crippen MR) is 84.9 cm³/mol. The summed E-state index contributed by atoms with van der Waals surface area (Å²) in [6.45, 7) is 4.17. The Balaban J connectivity index is 2.02. The molecule has 21 heavy (non-hydrogen) atoms. The van der Waals surface area contributed by atoms with Gasteiger partial charge in [-0.15, -0.1) is 11.3 Å². The average Bonchev–Trinajstić information content (AvgIpc) is 2.73. The summed E-state index contributed by atoms with van der Waals surface area (Å²) in [7, 11) is 0. The van der Waals surface area contributed by atoms with Gasteiger partial charge in [-0.05, 0) is 37.6 Å². The monoisotopic (exact) mass is 344 g/mol. The van der Waals surface area contributed by atoms with E-state index in [2.05, 4.69) is 10.3 Å². The van der Waals surface area contributed by atoms with E-state index < -0.39 is 12.0 Å². The summed E-state index contributed by atoms with van der Waals surface area (Å²) < 4.78 is 0. The van der Waals surface area contributed by atoms with Crippen molar-refractivity contribution in [2.45, 2.75) is 26.5 Å². The van der Waals surface area contributed by atoms with Crippen molar-refractivity contribution in [2.75, 3.05) is 0 Å². The van der Waals surface area contributed by atoms with E-state index in [0.29, 0.717) is 15.6 Å². The number of benzene rings is 1. The van der Waals surface area contributed by atoms with Crippen LogP contribution in [0.2, 0.25) is 10.0 Å². The third kappa shape index (κ3) is 4.17. The van der Waals surface area contributed by atoms with Crippen molar-refractivity contribution in [1.29, 1.82) is 0 Å². The van der Waals surface area contributed by atoms with Crippen LogP contribution in [0.25, 0.3) is 0 Å². The van der Waals surface area contributed by atoms with Crippen molar-refractivity contribution in [1.82, 2.24) is 10.3 Å². The van der Waals surface area contributed by atoms with Crippen LogP contribution in [0.15, 0.2) is 18.2 Å². The van der Waals surface area contributed by atoms with E-state index in [-0.39, 0.29) is 6.54 Å². The molecule has 0 unspecified atom stereocenters. The Morgan fingerprint density at radius 1 is 1.33 bits per heavy atom. The van der Waals surface area contributed by atoms with Crippen LogP contribution in [0.5, 0.6) is 0 Å². The molecular weight excluding hydrogens is 331 g/mol. The lowest BCUT2D eigenvalue weighted by molar-refractivity contribution is -0.129. The zero-order chi connectivity index (χ0) is 15.6. The van der Waals surface area contributed by atoms with Gasteiger partial charge in [-0.25, -0.2) is 4.98 Å². The number of nitrogens with one attached hydrogen (secondary N) is 1. The SMILES string of the molecule is Cc1nc(CNC(=O)[C@H](O)c2cc(Cl)cc(Cl)c2)sc1C.